The van der Waals surface area contributed by atoms with Gasteiger partial charge < -0.3 is 10.1 Å². The maximum absolute atomic E-state index is 12.8. The summed E-state index contributed by atoms with van der Waals surface area (Å²) in [4.78, 5) is 9.13. The van der Waals surface area contributed by atoms with E-state index >= 15 is 0 Å². The number of hydrogen-bond donors (Lipinski definition) is 2. The average Bonchev–Trinajstić information content (AvgIpc) is 3.26. The van der Waals surface area contributed by atoms with Gasteiger partial charge in [-0.25, -0.2) is 9.50 Å². The quantitative estimate of drug-likeness (QED) is 0.713. The summed E-state index contributed by atoms with van der Waals surface area (Å²) in [5, 5.41) is 19.2. The molecule has 1 aliphatic carbocycles. The van der Waals surface area contributed by atoms with Crippen molar-refractivity contribution in [2.45, 2.75) is 43.4 Å². The Bertz CT molecular complexity index is 998. The number of fused-ring (bicyclic) bond motifs is 3. The molecular formula is C18H21F3N6O. The molecule has 0 unspecified atom stereocenters. The third-order valence-corrected chi connectivity index (χ3v) is 6.24. The predicted molar refractivity (Wildman–Crippen MR) is 94.8 cm³/mol. The summed E-state index contributed by atoms with van der Waals surface area (Å²) in [5.74, 6) is 0.641. The number of H-pyrrole nitrogens is 1. The second kappa shape index (κ2) is 6.15. The largest absolute Gasteiger partial charge is 0.419 e. The van der Waals surface area contributed by atoms with Gasteiger partial charge in [0, 0.05) is 37.1 Å². The molecule has 2 aliphatic rings. The number of halogens is 3. The lowest BCUT2D eigenvalue weighted by Crippen LogP contribution is -2.69. The molecule has 0 radical (unpaired) electrons. The molecule has 7 nitrogen and oxygen atoms in total. The van der Waals surface area contributed by atoms with Crippen molar-refractivity contribution in [2.75, 3.05) is 19.6 Å². The molecule has 5 rings (SSSR count). The van der Waals surface area contributed by atoms with E-state index in [2.05, 4.69) is 20.3 Å². The van der Waals surface area contributed by atoms with Gasteiger partial charge >= 0.3 is 6.18 Å². The highest BCUT2D eigenvalue weighted by Crippen LogP contribution is 2.41. The van der Waals surface area contributed by atoms with Gasteiger partial charge in [0.1, 0.15) is 17.5 Å². The molecule has 2 fully saturated rings. The minimum Gasteiger partial charge on any atom is -0.378 e. The van der Waals surface area contributed by atoms with Crippen molar-refractivity contribution in [3.8, 4) is 0 Å². The van der Waals surface area contributed by atoms with Crippen LogP contribution in [0.3, 0.4) is 0 Å². The lowest BCUT2D eigenvalue weighted by atomic mass is 9.79. The Morgan fingerprint density at radius 1 is 1.21 bits per heavy atom. The lowest BCUT2D eigenvalue weighted by Gasteiger charge is -2.48. The molecule has 2 N–H and O–H groups in total. The molecule has 150 valence electrons. The van der Waals surface area contributed by atoms with Crippen molar-refractivity contribution in [1.29, 1.82) is 0 Å². The van der Waals surface area contributed by atoms with E-state index in [9.17, 15) is 18.3 Å². The first-order valence-electron chi connectivity index (χ1n) is 9.52. The Hall–Kier alpha value is -2.20. The van der Waals surface area contributed by atoms with Crippen molar-refractivity contribution in [3.63, 3.8) is 0 Å². The van der Waals surface area contributed by atoms with Crippen LogP contribution in [0.25, 0.3) is 16.6 Å². The SMILES string of the molecule is OC1(C(F)(F)F)CN(CC2CCC(c3nnn4cnc5[nH]ccc5c34)CC2)C1. The molecule has 4 heterocycles. The second-order valence-corrected chi connectivity index (χ2v) is 8.17. The van der Waals surface area contributed by atoms with Gasteiger partial charge in [0.25, 0.3) is 0 Å². The smallest absolute Gasteiger partial charge is 0.378 e. The summed E-state index contributed by atoms with van der Waals surface area (Å²) in [6.07, 6.45) is 2.70. The number of nitrogens with zero attached hydrogens (tertiary/aromatic N) is 5. The van der Waals surface area contributed by atoms with Gasteiger partial charge in [-0.1, -0.05) is 5.21 Å². The Labute approximate surface area is 158 Å². The van der Waals surface area contributed by atoms with Crippen molar-refractivity contribution in [3.05, 3.63) is 24.3 Å². The molecule has 10 heteroatoms. The first-order chi connectivity index (χ1) is 13.3. The molecule has 0 atom stereocenters. The number of alkyl halides is 3. The van der Waals surface area contributed by atoms with Crippen LogP contribution in [0.4, 0.5) is 13.2 Å². The summed E-state index contributed by atoms with van der Waals surface area (Å²) >= 11 is 0. The molecule has 1 saturated heterocycles. The van der Waals surface area contributed by atoms with Gasteiger partial charge in [-0.3, -0.25) is 4.90 Å². The lowest BCUT2D eigenvalue weighted by molar-refractivity contribution is -0.302. The third kappa shape index (κ3) is 2.77. The predicted octanol–water partition coefficient (Wildman–Crippen LogP) is 2.49. The summed E-state index contributed by atoms with van der Waals surface area (Å²) in [6.45, 7) is -0.0196. The molecule has 3 aromatic heterocycles. The topological polar surface area (TPSA) is 82.3 Å². The van der Waals surface area contributed by atoms with Crippen LogP contribution in [0, 0.1) is 5.92 Å². The van der Waals surface area contributed by atoms with Crippen LogP contribution in [0.5, 0.6) is 0 Å². The van der Waals surface area contributed by atoms with E-state index in [0.29, 0.717) is 12.5 Å². The first kappa shape index (κ1) is 17.9. The highest BCUT2D eigenvalue weighted by molar-refractivity contribution is 5.92. The minimum absolute atomic E-state index is 0.290. The number of aromatic nitrogens is 5. The van der Waals surface area contributed by atoms with Crippen molar-refractivity contribution >= 4 is 16.6 Å². The van der Waals surface area contributed by atoms with Crippen LogP contribution in [-0.2, 0) is 0 Å². The van der Waals surface area contributed by atoms with Gasteiger partial charge in [0.2, 0.25) is 0 Å². The van der Waals surface area contributed by atoms with E-state index in [1.807, 2.05) is 12.3 Å². The Morgan fingerprint density at radius 3 is 2.68 bits per heavy atom. The highest BCUT2D eigenvalue weighted by atomic mass is 19.4. The summed E-state index contributed by atoms with van der Waals surface area (Å²) in [6, 6.07) is 1.97. The van der Waals surface area contributed by atoms with E-state index in [-0.39, 0.29) is 19.0 Å². The maximum atomic E-state index is 12.8. The van der Waals surface area contributed by atoms with E-state index in [1.165, 1.54) is 0 Å². The van der Waals surface area contributed by atoms with Crippen LogP contribution in [-0.4, -0.2) is 66.2 Å². The zero-order chi connectivity index (χ0) is 19.5. The molecule has 3 aromatic rings. The van der Waals surface area contributed by atoms with Gasteiger partial charge in [-0.05, 0) is 37.7 Å². The number of hydrogen-bond acceptors (Lipinski definition) is 5. The fourth-order valence-electron chi connectivity index (χ4n) is 4.68. The van der Waals surface area contributed by atoms with Crippen LogP contribution >= 0.6 is 0 Å². The maximum Gasteiger partial charge on any atom is 0.419 e. The van der Waals surface area contributed by atoms with E-state index < -0.39 is 11.8 Å². The van der Waals surface area contributed by atoms with E-state index in [4.69, 9.17) is 0 Å². The van der Waals surface area contributed by atoms with Crippen LogP contribution in [0.1, 0.15) is 37.3 Å². The van der Waals surface area contributed by atoms with Crippen molar-refractivity contribution < 1.29 is 18.3 Å². The van der Waals surface area contributed by atoms with Crippen molar-refractivity contribution in [1.82, 2.24) is 29.7 Å². The van der Waals surface area contributed by atoms with Gasteiger partial charge in [0.15, 0.2) is 5.60 Å². The van der Waals surface area contributed by atoms with E-state index in [0.717, 1.165) is 47.9 Å². The van der Waals surface area contributed by atoms with Crippen LogP contribution in [0.15, 0.2) is 18.6 Å². The summed E-state index contributed by atoms with van der Waals surface area (Å²) < 4.78 is 40.0. The average molecular weight is 394 g/mol. The number of β-amino-alcohol motifs (C(OH)–C–C–N with tert-alkyl or cyclic N) is 1. The number of aromatic amines is 1. The number of nitrogens with one attached hydrogen (secondary N) is 1. The fraction of sp³-hybridized carbons (Fsp3) is 0.611. The summed E-state index contributed by atoms with van der Waals surface area (Å²) in [5.41, 5.74) is 0.231. The zero-order valence-corrected chi connectivity index (χ0v) is 15.2. The molecule has 28 heavy (non-hydrogen) atoms. The summed E-state index contributed by atoms with van der Waals surface area (Å²) in [7, 11) is 0. The molecular weight excluding hydrogens is 373 g/mol. The standard InChI is InChI=1S/C18H21F3N6O/c19-18(20,21)17(28)8-26(9-17)7-11-1-3-12(4-2-11)14-15-13-5-6-22-16(13)23-10-27(15)25-24-14/h5-6,10-12,22,28H,1-4,7-9H2. The van der Waals surface area contributed by atoms with Gasteiger partial charge in [0.05, 0.1) is 5.69 Å². The number of aliphatic hydroxyl groups is 1. The van der Waals surface area contributed by atoms with Gasteiger partial charge in [-0.15, -0.1) is 5.10 Å². The van der Waals surface area contributed by atoms with E-state index in [1.54, 1.807) is 15.7 Å². The number of likely N-dealkylation sites (tertiary alicyclic amines) is 1. The molecule has 0 spiro atoms. The number of rotatable bonds is 3. The zero-order valence-electron chi connectivity index (χ0n) is 15.2. The molecule has 1 saturated carbocycles. The van der Waals surface area contributed by atoms with Gasteiger partial charge in [-0.2, -0.15) is 13.2 Å². The van der Waals surface area contributed by atoms with Crippen molar-refractivity contribution in [2.24, 2.45) is 5.92 Å². The second-order valence-electron chi connectivity index (χ2n) is 8.17. The van der Waals surface area contributed by atoms with Crippen LogP contribution in [0.2, 0.25) is 0 Å². The molecule has 0 bridgehead atoms. The third-order valence-electron chi connectivity index (χ3n) is 6.24. The first-order valence-corrected chi connectivity index (χ1v) is 9.52. The molecule has 1 aliphatic heterocycles. The highest BCUT2D eigenvalue weighted by Gasteiger charge is 2.60. The molecule has 0 amide bonds. The monoisotopic (exact) mass is 394 g/mol. The minimum atomic E-state index is -4.55. The molecule has 0 aromatic carbocycles. The Kier molecular flexibility index (Phi) is 3.92. The normalized spacial score (nSPS) is 26.0. The fourth-order valence-corrected chi connectivity index (χ4v) is 4.68. The van der Waals surface area contributed by atoms with Crippen LogP contribution < -0.4 is 0 Å². The Balaban J connectivity index is 1.24. The Morgan fingerprint density at radius 2 is 1.96 bits per heavy atom.